The van der Waals surface area contributed by atoms with E-state index in [-0.39, 0.29) is 6.79 Å². The zero-order valence-electron chi connectivity index (χ0n) is 10.7. The quantitative estimate of drug-likeness (QED) is 0.629. The highest BCUT2D eigenvalue weighted by Gasteiger charge is 2.56. The SMILES string of the molecule is COCO[C@H]1[C@H]2OC(C)(C)O[C@H]2O[C@@H]1[C@H](O)CO. The van der Waals surface area contributed by atoms with Gasteiger partial charge >= 0.3 is 0 Å². The summed E-state index contributed by atoms with van der Waals surface area (Å²) in [4.78, 5) is 0. The maximum atomic E-state index is 9.71. The van der Waals surface area contributed by atoms with Gasteiger partial charge in [0.2, 0.25) is 0 Å². The fraction of sp³-hybridized carbons (Fsp3) is 1.00. The molecule has 0 radical (unpaired) electrons. The lowest BCUT2D eigenvalue weighted by Gasteiger charge is -2.27. The number of rotatable bonds is 5. The van der Waals surface area contributed by atoms with Crippen LogP contribution in [0.25, 0.3) is 0 Å². The molecule has 2 aliphatic heterocycles. The van der Waals surface area contributed by atoms with Gasteiger partial charge in [-0.05, 0) is 13.8 Å². The lowest BCUT2D eigenvalue weighted by Crippen LogP contribution is -2.44. The first-order valence-corrected chi connectivity index (χ1v) is 5.89. The van der Waals surface area contributed by atoms with Crippen LogP contribution in [-0.4, -0.2) is 67.2 Å². The third-order valence-electron chi connectivity index (χ3n) is 2.97. The second kappa shape index (κ2) is 5.38. The highest BCUT2D eigenvalue weighted by Crippen LogP contribution is 2.39. The molecule has 2 fully saturated rings. The summed E-state index contributed by atoms with van der Waals surface area (Å²) in [7, 11) is 1.50. The van der Waals surface area contributed by atoms with Gasteiger partial charge in [-0.15, -0.1) is 0 Å². The topological polar surface area (TPSA) is 86.6 Å². The van der Waals surface area contributed by atoms with Crippen LogP contribution in [0.5, 0.6) is 0 Å². The van der Waals surface area contributed by atoms with E-state index >= 15 is 0 Å². The van der Waals surface area contributed by atoms with Crippen LogP contribution in [0.2, 0.25) is 0 Å². The van der Waals surface area contributed by atoms with Gasteiger partial charge in [0.15, 0.2) is 12.1 Å². The molecule has 0 bridgehead atoms. The number of aliphatic hydroxyl groups is 2. The van der Waals surface area contributed by atoms with Gasteiger partial charge in [-0.2, -0.15) is 0 Å². The first kappa shape index (κ1) is 14.1. The van der Waals surface area contributed by atoms with E-state index in [1.54, 1.807) is 13.8 Å². The zero-order valence-corrected chi connectivity index (χ0v) is 10.7. The highest BCUT2D eigenvalue weighted by molar-refractivity contribution is 4.96. The summed E-state index contributed by atoms with van der Waals surface area (Å²) in [5.74, 6) is -0.751. The summed E-state index contributed by atoms with van der Waals surface area (Å²) in [5.41, 5.74) is 0. The van der Waals surface area contributed by atoms with Gasteiger partial charge in [0.25, 0.3) is 0 Å². The molecule has 2 rings (SSSR count). The van der Waals surface area contributed by atoms with Crippen molar-refractivity contribution in [3.63, 3.8) is 0 Å². The lowest BCUT2D eigenvalue weighted by atomic mass is 10.1. The van der Waals surface area contributed by atoms with Gasteiger partial charge < -0.3 is 33.9 Å². The molecule has 0 unspecified atom stereocenters. The first-order chi connectivity index (χ1) is 8.48. The third kappa shape index (κ3) is 2.67. The lowest BCUT2D eigenvalue weighted by molar-refractivity contribution is -0.237. The molecular weight excluding hydrogens is 244 g/mol. The molecule has 0 aromatic carbocycles. The molecule has 7 heteroatoms. The second-order valence-electron chi connectivity index (χ2n) is 4.86. The van der Waals surface area contributed by atoms with Crippen LogP contribution in [0.1, 0.15) is 13.8 Å². The predicted molar refractivity (Wildman–Crippen MR) is 58.5 cm³/mol. The Kier molecular flexibility index (Phi) is 4.22. The Bertz CT molecular complexity index is 283. The van der Waals surface area contributed by atoms with Gasteiger partial charge in [0.05, 0.1) is 6.61 Å². The summed E-state index contributed by atoms with van der Waals surface area (Å²) in [6.07, 6.45) is -3.34. The van der Waals surface area contributed by atoms with E-state index in [2.05, 4.69) is 0 Å². The third-order valence-corrected chi connectivity index (χ3v) is 2.97. The molecule has 7 nitrogen and oxygen atoms in total. The predicted octanol–water partition coefficient (Wildman–Crippen LogP) is -0.795. The molecule has 0 amide bonds. The Morgan fingerprint density at radius 2 is 2.06 bits per heavy atom. The molecule has 0 spiro atoms. The number of aliphatic hydroxyl groups excluding tert-OH is 2. The van der Waals surface area contributed by atoms with Gasteiger partial charge in [0.1, 0.15) is 31.2 Å². The minimum Gasteiger partial charge on any atom is -0.394 e. The normalized spacial score (nSPS) is 39.8. The molecule has 2 aliphatic rings. The molecule has 106 valence electrons. The van der Waals surface area contributed by atoms with E-state index in [9.17, 15) is 5.11 Å². The minimum absolute atomic E-state index is 0.0513. The van der Waals surface area contributed by atoms with Crippen molar-refractivity contribution in [2.45, 2.75) is 50.3 Å². The Hall–Kier alpha value is -0.280. The Labute approximate surface area is 106 Å². The summed E-state index contributed by atoms with van der Waals surface area (Å²) in [5, 5.41) is 18.7. The van der Waals surface area contributed by atoms with Crippen molar-refractivity contribution in [3.8, 4) is 0 Å². The van der Waals surface area contributed by atoms with E-state index in [1.165, 1.54) is 7.11 Å². The average molecular weight is 264 g/mol. The zero-order chi connectivity index (χ0) is 13.3. The smallest absolute Gasteiger partial charge is 0.190 e. The van der Waals surface area contributed by atoms with Crippen molar-refractivity contribution in [1.82, 2.24) is 0 Å². The fourth-order valence-corrected chi connectivity index (χ4v) is 2.25. The van der Waals surface area contributed by atoms with Crippen molar-refractivity contribution in [2.75, 3.05) is 20.5 Å². The number of ether oxygens (including phenoxy) is 5. The number of hydrogen-bond donors (Lipinski definition) is 2. The number of hydrogen-bond acceptors (Lipinski definition) is 7. The Balaban J connectivity index is 2.07. The van der Waals surface area contributed by atoms with Crippen LogP contribution < -0.4 is 0 Å². The molecule has 0 aromatic heterocycles. The number of fused-ring (bicyclic) bond motifs is 1. The van der Waals surface area contributed by atoms with Crippen molar-refractivity contribution in [1.29, 1.82) is 0 Å². The maximum Gasteiger partial charge on any atom is 0.190 e. The van der Waals surface area contributed by atoms with E-state index in [4.69, 9.17) is 28.8 Å². The monoisotopic (exact) mass is 264 g/mol. The van der Waals surface area contributed by atoms with Crippen molar-refractivity contribution in [3.05, 3.63) is 0 Å². The highest BCUT2D eigenvalue weighted by atomic mass is 16.8. The van der Waals surface area contributed by atoms with Crippen molar-refractivity contribution in [2.24, 2.45) is 0 Å². The van der Waals surface area contributed by atoms with E-state index < -0.39 is 43.1 Å². The van der Waals surface area contributed by atoms with E-state index in [1.807, 2.05) is 0 Å². The van der Waals surface area contributed by atoms with Crippen LogP contribution in [0.15, 0.2) is 0 Å². The molecule has 0 aliphatic carbocycles. The van der Waals surface area contributed by atoms with Crippen LogP contribution in [0.4, 0.5) is 0 Å². The molecule has 2 heterocycles. The van der Waals surface area contributed by atoms with Crippen molar-refractivity contribution < 1.29 is 33.9 Å². The molecule has 0 saturated carbocycles. The van der Waals surface area contributed by atoms with Gasteiger partial charge in [-0.3, -0.25) is 0 Å². The van der Waals surface area contributed by atoms with Crippen LogP contribution in [0, 0.1) is 0 Å². The molecule has 2 N–H and O–H groups in total. The van der Waals surface area contributed by atoms with E-state index in [0.717, 1.165) is 0 Å². The minimum atomic E-state index is -1.05. The maximum absolute atomic E-state index is 9.71. The second-order valence-corrected chi connectivity index (χ2v) is 4.86. The largest absolute Gasteiger partial charge is 0.394 e. The molecule has 18 heavy (non-hydrogen) atoms. The standard InChI is InChI=1S/C11H20O7/c1-11(2)17-9-8(15-5-14-3)7(6(13)4-12)16-10(9)18-11/h6-10,12-13H,4-5H2,1-3H3/t6-,7-,8-,9-,10-/m1/s1. The summed E-state index contributed by atoms with van der Waals surface area (Å²) in [6, 6.07) is 0. The molecular formula is C11H20O7. The number of methoxy groups -OCH3 is 1. The van der Waals surface area contributed by atoms with E-state index in [0.29, 0.717) is 0 Å². The molecule has 2 saturated heterocycles. The summed E-state index contributed by atoms with van der Waals surface area (Å²) >= 11 is 0. The van der Waals surface area contributed by atoms with Gasteiger partial charge in [0, 0.05) is 7.11 Å². The van der Waals surface area contributed by atoms with Gasteiger partial charge in [-0.25, -0.2) is 0 Å². The van der Waals surface area contributed by atoms with Crippen LogP contribution in [-0.2, 0) is 23.7 Å². The average Bonchev–Trinajstić information content (AvgIpc) is 2.77. The summed E-state index contributed by atoms with van der Waals surface area (Å²) < 4.78 is 27.1. The molecule has 5 atom stereocenters. The molecule has 0 aromatic rings. The van der Waals surface area contributed by atoms with Crippen LogP contribution >= 0.6 is 0 Å². The Morgan fingerprint density at radius 1 is 1.33 bits per heavy atom. The summed E-state index contributed by atoms with van der Waals surface area (Å²) in [6.45, 7) is 3.19. The first-order valence-electron chi connectivity index (χ1n) is 5.89. The fourth-order valence-electron chi connectivity index (χ4n) is 2.25. The van der Waals surface area contributed by atoms with Crippen molar-refractivity contribution >= 4 is 0 Å². The van der Waals surface area contributed by atoms with Crippen LogP contribution in [0.3, 0.4) is 0 Å². The van der Waals surface area contributed by atoms with Gasteiger partial charge in [-0.1, -0.05) is 0 Å². The Morgan fingerprint density at radius 3 is 2.67 bits per heavy atom.